The van der Waals surface area contributed by atoms with Crippen LogP contribution in [0.1, 0.15) is 23.2 Å². The summed E-state index contributed by atoms with van der Waals surface area (Å²) < 4.78 is 14.8. The number of carbonyl (C=O) groups excluding carboxylic acids is 2. The van der Waals surface area contributed by atoms with E-state index in [0.29, 0.717) is 38.3 Å². The molecule has 0 bridgehead atoms. The van der Waals surface area contributed by atoms with Crippen LogP contribution in [0.15, 0.2) is 36.7 Å². The topological polar surface area (TPSA) is 61.7 Å². The van der Waals surface area contributed by atoms with Gasteiger partial charge in [0.1, 0.15) is 5.82 Å². The molecule has 0 radical (unpaired) electrons. The maximum Gasteiger partial charge on any atom is 0.253 e. The fourth-order valence-electron chi connectivity index (χ4n) is 4.01. The number of aryl methyl sites for hydroxylation is 1. The standard InChI is InChI=1S/C20H24FN5O2/c1-23-14-17(13-22-23)26-8-2-3-18(20(26)28)24-9-11-25(12-10-24)19(27)15-4-6-16(21)7-5-15/h4-7,13-14,18H,2-3,8-12H2,1H3. The number of aromatic nitrogens is 2. The molecule has 0 spiro atoms. The van der Waals surface area contributed by atoms with E-state index in [1.54, 1.807) is 15.8 Å². The van der Waals surface area contributed by atoms with Crippen molar-refractivity contribution in [2.24, 2.45) is 7.05 Å². The number of hydrogen-bond acceptors (Lipinski definition) is 4. The first kappa shape index (κ1) is 18.6. The Hall–Kier alpha value is -2.74. The molecule has 0 aliphatic carbocycles. The lowest BCUT2D eigenvalue weighted by Crippen LogP contribution is -2.58. The van der Waals surface area contributed by atoms with Crippen LogP contribution in [-0.4, -0.2) is 70.2 Å². The van der Waals surface area contributed by atoms with Crippen molar-refractivity contribution in [2.75, 3.05) is 37.6 Å². The Morgan fingerprint density at radius 1 is 1.11 bits per heavy atom. The second-order valence-electron chi connectivity index (χ2n) is 7.36. The van der Waals surface area contributed by atoms with Gasteiger partial charge in [0, 0.05) is 51.5 Å². The highest BCUT2D eigenvalue weighted by Gasteiger charge is 2.36. The Morgan fingerprint density at radius 3 is 2.46 bits per heavy atom. The highest BCUT2D eigenvalue weighted by Crippen LogP contribution is 2.24. The number of rotatable bonds is 3. The zero-order chi connectivity index (χ0) is 19.7. The zero-order valence-corrected chi connectivity index (χ0v) is 15.9. The lowest BCUT2D eigenvalue weighted by Gasteiger charge is -2.42. The van der Waals surface area contributed by atoms with Crippen molar-refractivity contribution in [1.82, 2.24) is 19.6 Å². The number of halogens is 1. The highest BCUT2D eigenvalue weighted by atomic mass is 19.1. The molecule has 148 valence electrons. The minimum absolute atomic E-state index is 0.0911. The number of carbonyl (C=O) groups is 2. The predicted molar refractivity (Wildman–Crippen MR) is 102 cm³/mol. The average molecular weight is 385 g/mol. The summed E-state index contributed by atoms with van der Waals surface area (Å²) in [6.07, 6.45) is 5.36. The monoisotopic (exact) mass is 385 g/mol. The Kier molecular flexibility index (Phi) is 5.13. The van der Waals surface area contributed by atoms with Gasteiger partial charge in [-0.3, -0.25) is 19.2 Å². The molecule has 8 heteroatoms. The van der Waals surface area contributed by atoms with Gasteiger partial charge in [-0.1, -0.05) is 0 Å². The summed E-state index contributed by atoms with van der Waals surface area (Å²) in [4.78, 5) is 31.4. The maximum absolute atomic E-state index is 13.1. The molecule has 2 aliphatic rings. The van der Waals surface area contributed by atoms with Gasteiger partial charge in [0.25, 0.3) is 5.91 Å². The second kappa shape index (κ2) is 7.71. The number of benzene rings is 1. The van der Waals surface area contributed by atoms with Gasteiger partial charge in [0.2, 0.25) is 5.91 Å². The average Bonchev–Trinajstić information content (AvgIpc) is 3.14. The first-order valence-electron chi connectivity index (χ1n) is 9.62. The van der Waals surface area contributed by atoms with Crippen molar-refractivity contribution >= 4 is 17.5 Å². The van der Waals surface area contributed by atoms with Gasteiger partial charge in [0.05, 0.1) is 17.9 Å². The number of amides is 2. The molecule has 2 amide bonds. The molecular weight excluding hydrogens is 361 g/mol. The summed E-state index contributed by atoms with van der Waals surface area (Å²) in [5.41, 5.74) is 1.33. The third-order valence-electron chi connectivity index (χ3n) is 5.55. The van der Waals surface area contributed by atoms with E-state index in [0.717, 1.165) is 18.5 Å². The van der Waals surface area contributed by atoms with E-state index in [1.165, 1.54) is 24.3 Å². The first-order valence-corrected chi connectivity index (χ1v) is 9.62. The van der Waals surface area contributed by atoms with E-state index in [2.05, 4.69) is 10.00 Å². The van der Waals surface area contributed by atoms with E-state index >= 15 is 0 Å². The molecule has 1 aromatic carbocycles. The third kappa shape index (κ3) is 3.64. The molecule has 28 heavy (non-hydrogen) atoms. The van der Waals surface area contributed by atoms with E-state index in [-0.39, 0.29) is 23.7 Å². The number of nitrogens with zero attached hydrogens (tertiary/aromatic N) is 5. The van der Waals surface area contributed by atoms with Gasteiger partial charge in [-0.05, 0) is 37.1 Å². The van der Waals surface area contributed by atoms with Crippen LogP contribution in [0.25, 0.3) is 0 Å². The van der Waals surface area contributed by atoms with Crippen molar-refractivity contribution < 1.29 is 14.0 Å². The molecule has 1 unspecified atom stereocenters. The highest BCUT2D eigenvalue weighted by molar-refractivity contribution is 5.98. The third-order valence-corrected chi connectivity index (χ3v) is 5.55. The second-order valence-corrected chi connectivity index (χ2v) is 7.36. The molecule has 7 nitrogen and oxygen atoms in total. The van der Waals surface area contributed by atoms with E-state index in [9.17, 15) is 14.0 Å². The van der Waals surface area contributed by atoms with Crippen molar-refractivity contribution in [2.45, 2.75) is 18.9 Å². The number of anilines is 1. The summed E-state index contributed by atoms with van der Waals surface area (Å²) in [6, 6.07) is 5.48. The zero-order valence-electron chi connectivity index (χ0n) is 15.9. The minimum atomic E-state index is -0.352. The summed E-state index contributed by atoms with van der Waals surface area (Å²) in [7, 11) is 1.84. The molecular formula is C20H24FN5O2. The molecule has 2 aromatic rings. The molecule has 2 aliphatic heterocycles. The summed E-state index contributed by atoms with van der Waals surface area (Å²) in [6.45, 7) is 3.15. The summed E-state index contributed by atoms with van der Waals surface area (Å²) in [5.74, 6) is -0.334. The van der Waals surface area contributed by atoms with Crippen LogP contribution >= 0.6 is 0 Å². The van der Waals surface area contributed by atoms with Crippen molar-refractivity contribution in [3.63, 3.8) is 0 Å². The Balaban J connectivity index is 1.38. The minimum Gasteiger partial charge on any atom is -0.336 e. The smallest absolute Gasteiger partial charge is 0.253 e. The van der Waals surface area contributed by atoms with Gasteiger partial charge >= 0.3 is 0 Å². The molecule has 0 saturated carbocycles. The molecule has 2 saturated heterocycles. The van der Waals surface area contributed by atoms with Gasteiger partial charge in [-0.2, -0.15) is 5.10 Å². The number of hydrogen-bond donors (Lipinski definition) is 0. The lowest BCUT2D eigenvalue weighted by atomic mass is 10.0. The predicted octanol–water partition coefficient (Wildman–Crippen LogP) is 1.51. The van der Waals surface area contributed by atoms with Gasteiger partial charge in [-0.15, -0.1) is 0 Å². The SMILES string of the molecule is Cn1cc(N2CCCC(N3CCN(C(=O)c4ccc(F)cc4)CC3)C2=O)cn1. The van der Waals surface area contributed by atoms with Crippen molar-refractivity contribution in [3.8, 4) is 0 Å². The lowest BCUT2D eigenvalue weighted by molar-refractivity contribution is -0.126. The molecule has 2 fully saturated rings. The van der Waals surface area contributed by atoms with E-state index in [1.807, 2.05) is 18.1 Å². The van der Waals surface area contributed by atoms with Crippen molar-refractivity contribution in [1.29, 1.82) is 0 Å². The fraction of sp³-hybridized carbons (Fsp3) is 0.450. The van der Waals surface area contributed by atoms with Crippen LogP contribution in [0.3, 0.4) is 0 Å². The molecule has 3 heterocycles. The Bertz CT molecular complexity index is 858. The van der Waals surface area contributed by atoms with E-state index in [4.69, 9.17) is 0 Å². The fourth-order valence-corrected chi connectivity index (χ4v) is 4.01. The quantitative estimate of drug-likeness (QED) is 0.804. The summed E-state index contributed by atoms with van der Waals surface area (Å²) >= 11 is 0. The van der Waals surface area contributed by atoms with Crippen LogP contribution < -0.4 is 4.90 Å². The van der Waals surface area contributed by atoms with Gasteiger partial charge < -0.3 is 9.80 Å². The van der Waals surface area contributed by atoms with Crippen LogP contribution in [0.5, 0.6) is 0 Å². The number of piperazine rings is 1. The Morgan fingerprint density at radius 2 is 1.82 bits per heavy atom. The number of piperidine rings is 1. The summed E-state index contributed by atoms with van der Waals surface area (Å²) in [5, 5.41) is 4.17. The molecule has 0 N–H and O–H groups in total. The maximum atomic E-state index is 13.1. The van der Waals surface area contributed by atoms with Crippen LogP contribution in [0, 0.1) is 5.82 Å². The normalized spacial score (nSPS) is 21.2. The molecule has 1 aromatic heterocycles. The van der Waals surface area contributed by atoms with Gasteiger partial charge in [-0.25, -0.2) is 4.39 Å². The molecule has 1 atom stereocenters. The largest absolute Gasteiger partial charge is 0.336 e. The van der Waals surface area contributed by atoms with Crippen LogP contribution in [0.2, 0.25) is 0 Å². The van der Waals surface area contributed by atoms with Crippen LogP contribution in [0.4, 0.5) is 10.1 Å². The molecule has 4 rings (SSSR count). The van der Waals surface area contributed by atoms with Crippen molar-refractivity contribution in [3.05, 3.63) is 48.0 Å². The van der Waals surface area contributed by atoms with Crippen LogP contribution in [-0.2, 0) is 11.8 Å². The Labute approximate surface area is 163 Å². The van der Waals surface area contributed by atoms with Gasteiger partial charge in [0.15, 0.2) is 0 Å². The van der Waals surface area contributed by atoms with E-state index < -0.39 is 0 Å². The first-order chi connectivity index (χ1) is 13.5.